The number of rotatable bonds is 4. The van der Waals surface area contributed by atoms with Crippen LogP contribution in [0.15, 0.2) is 48.8 Å². The highest BCUT2D eigenvalue weighted by Crippen LogP contribution is 2.41. The van der Waals surface area contributed by atoms with Crippen LogP contribution in [0.3, 0.4) is 0 Å². The molecule has 0 bridgehead atoms. The standard InChI is InChI=1S/C19H23N5O/c25-19(22-17(16-7-8-16)15-5-2-1-3-6-15)24-13-11-23(12-14-24)18-20-9-4-10-21-18/h1-6,9-10,16-17H,7-8,11-14H2,(H,22,25). The lowest BCUT2D eigenvalue weighted by molar-refractivity contribution is 0.188. The molecule has 1 N–H and O–H groups in total. The van der Waals surface area contributed by atoms with Gasteiger partial charge in [0.2, 0.25) is 5.95 Å². The van der Waals surface area contributed by atoms with Crippen molar-refractivity contribution < 1.29 is 4.79 Å². The highest BCUT2D eigenvalue weighted by atomic mass is 16.2. The molecule has 2 aromatic rings. The second-order valence-electron chi connectivity index (χ2n) is 6.70. The maximum atomic E-state index is 12.7. The topological polar surface area (TPSA) is 61.4 Å². The first kappa shape index (κ1) is 15.9. The van der Waals surface area contributed by atoms with Gasteiger partial charge in [-0.15, -0.1) is 0 Å². The van der Waals surface area contributed by atoms with Crippen LogP contribution in [0.1, 0.15) is 24.4 Å². The Morgan fingerprint density at radius 1 is 1.00 bits per heavy atom. The Labute approximate surface area is 147 Å². The molecule has 0 radical (unpaired) electrons. The van der Waals surface area contributed by atoms with Gasteiger partial charge in [-0.05, 0) is 30.4 Å². The van der Waals surface area contributed by atoms with Crippen LogP contribution in [0.5, 0.6) is 0 Å². The number of amides is 2. The fourth-order valence-corrected chi connectivity index (χ4v) is 3.35. The lowest BCUT2D eigenvalue weighted by atomic mass is 10.0. The molecule has 1 saturated carbocycles. The molecule has 2 fully saturated rings. The monoisotopic (exact) mass is 337 g/mol. The Kier molecular flexibility index (Phi) is 4.50. The SMILES string of the molecule is O=C(NC(c1ccccc1)C1CC1)N1CCN(c2ncccn2)CC1. The van der Waals surface area contributed by atoms with Crippen molar-refractivity contribution >= 4 is 12.0 Å². The van der Waals surface area contributed by atoms with Crippen LogP contribution in [0.25, 0.3) is 0 Å². The third kappa shape index (κ3) is 3.73. The van der Waals surface area contributed by atoms with Crippen LogP contribution in [0, 0.1) is 5.92 Å². The van der Waals surface area contributed by atoms with Crippen LogP contribution in [0.4, 0.5) is 10.7 Å². The zero-order valence-corrected chi connectivity index (χ0v) is 14.2. The zero-order valence-electron chi connectivity index (χ0n) is 14.2. The van der Waals surface area contributed by atoms with Gasteiger partial charge in [-0.1, -0.05) is 30.3 Å². The van der Waals surface area contributed by atoms with Gasteiger partial charge in [-0.25, -0.2) is 14.8 Å². The summed E-state index contributed by atoms with van der Waals surface area (Å²) in [6.07, 6.45) is 5.89. The van der Waals surface area contributed by atoms with E-state index in [4.69, 9.17) is 0 Å². The van der Waals surface area contributed by atoms with E-state index in [0.717, 1.165) is 19.0 Å². The van der Waals surface area contributed by atoms with Crippen molar-refractivity contribution in [2.75, 3.05) is 31.1 Å². The van der Waals surface area contributed by atoms with Gasteiger partial charge in [0.1, 0.15) is 0 Å². The molecule has 0 spiro atoms. The van der Waals surface area contributed by atoms with Crippen molar-refractivity contribution in [2.45, 2.75) is 18.9 Å². The van der Waals surface area contributed by atoms with E-state index in [2.05, 4.69) is 32.3 Å². The van der Waals surface area contributed by atoms with E-state index in [1.165, 1.54) is 18.4 Å². The molecule has 2 aliphatic rings. The van der Waals surface area contributed by atoms with Gasteiger partial charge in [-0.3, -0.25) is 0 Å². The molecule has 1 aliphatic carbocycles. The second kappa shape index (κ2) is 7.09. The lowest BCUT2D eigenvalue weighted by Gasteiger charge is -2.35. The first-order valence-electron chi connectivity index (χ1n) is 8.93. The number of hydrogen-bond donors (Lipinski definition) is 1. The van der Waals surface area contributed by atoms with Crippen LogP contribution < -0.4 is 10.2 Å². The molecule has 2 heterocycles. The van der Waals surface area contributed by atoms with Gasteiger partial charge in [0.25, 0.3) is 0 Å². The number of aromatic nitrogens is 2. The predicted octanol–water partition coefficient (Wildman–Crippen LogP) is 2.46. The number of carbonyl (C=O) groups excluding carboxylic acids is 1. The lowest BCUT2D eigenvalue weighted by Crippen LogP contribution is -2.52. The first-order chi connectivity index (χ1) is 12.3. The van der Waals surface area contributed by atoms with Gasteiger partial charge >= 0.3 is 6.03 Å². The summed E-state index contributed by atoms with van der Waals surface area (Å²) in [5.74, 6) is 1.31. The van der Waals surface area contributed by atoms with Crippen molar-refractivity contribution in [2.24, 2.45) is 5.92 Å². The first-order valence-corrected chi connectivity index (χ1v) is 8.93. The zero-order chi connectivity index (χ0) is 17.1. The number of anilines is 1. The van der Waals surface area contributed by atoms with Crippen molar-refractivity contribution in [3.8, 4) is 0 Å². The molecule has 6 nitrogen and oxygen atoms in total. The summed E-state index contributed by atoms with van der Waals surface area (Å²) in [6.45, 7) is 2.90. The van der Waals surface area contributed by atoms with E-state index < -0.39 is 0 Å². The highest BCUT2D eigenvalue weighted by Gasteiger charge is 2.34. The number of urea groups is 1. The van der Waals surface area contributed by atoms with E-state index in [1.807, 2.05) is 29.2 Å². The number of nitrogens with zero attached hydrogens (tertiary/aromatic N) is 4. The van der Waals surface area contributed by atoms with Gasteiger partial charge in [0.15, 0.2) is 0 Å². The highest BCUT2D eigenvalue weighted by molar-refractivity contribution is 5.75. The molecule has 2 amide bonds. The van der Waals surface area contributed by atoms with Crippen LogP contribution in [-0.4, -0.2) is 47.1 Å². The molecule has 25 heavy (non-hydrogen) atoms. The van der Waals surface area contributed by atoms with Crippen LogP contribution in [-0.2, 0) is 0 Å². The molecule has 6 heteroatoms. The molecule has 1 aromatic carbocycles. The van der Waals surface area contributed by atoms with Crippen molar-refractivity contribution in [1.29, 1.82) is 0 Å². The number of carbonyl (C=O) groups is 1. The molecule has 1 saturated heterocycles. The summed E-state index contributed by atoms with van der Waals surface area (Å²) in [6, 6.07) is 12.3. The number of benzene rings is 1. The summed E-state index contributed by atoms with van der Waals surface area (Å²) >= 11 is 0. The van der Waals surface area contributed by atoms with Gasteiger partial charge in [0, 0.05) is 38.6 Å². The maximum Gasteiger partial charge on any atom is 0.318 e. The Bertz CT molecular complexity index is 696. The van der Waals surface area contributed by atoms with Gasteiger partial charge in [0.05, 0.1) is 6.04 Å². The Morgan fingerprint density at radius 2 is 1.68 bits per heavy atom. The largest absolute Gasteiger partial charge is 0.337 e. The third-order valence-electron chi connectivity index (χ3n) is 4.93. The van der Waals surface area contributed by atoms with E-state index in [9.17, 15) is 4.79 Å². The summed E-state index contributed by atoms with van der Waals surface area (Å²) in [4.78, 5) is 25.3. The van der Waals surface area contributed by atoms with E-state index in [0.29, 0.717) is 19.0 Å². The minimum atomic E-state index is 0.0365. The second-order valence-corrected chi connectivity index (χ2v) is 6.70. The smallest absolute Gasteiger partial charge is 0.318 e. The normalized spacial score (nSPS) is 18.7. The van der Waals surface area contributed by atoms with Crippen LogP contribution in [0.2, 0.25) is 0 Å². The summed E-state index contributed by atoms with van der Waals surface area (Å²) in [5, 5.41) is 3.26. The molecule has 1 aromatic heterocycles. The molecular formula is C19H23N5O. The summed E-state index contributed by atoms with van der Waals surface area (Å²) in [5.41, 5.74) is 1.20. The molecule has 130 valence electrons. The average Bonchev–Trinajstić information content (AvgIpc) is 3.52. The average molecular weight is 337 g/mol. The van der Waals surface area contributed by atoms with Crippen LogP contribution >= 0.6 is 0 Å². The van der Waals surface area contributed by atoms with Crippen molar-refractivity contribution in [3.63, 3.8) is 0 Å². The molecule has 4 rings (SSSR count). The Hall–Kier alpha value is -2.63. The minimum absolute atomic E-state index is 0.0365. The fraction of sp³-hybridized carbons (Fsp3) is 0.421. The fourth-order valence-electron chi connectivity index (χ4n) is 3.35. The maximum absolute atomic E-state index is 12.7. The molecule has 1 atom stereocenters. The van der Waals surface area contributed by atoms with Crippen molar-refractivity contribution in [3.05, 3.63) is 54.4 Å². The minimum Gasteiger partial charge on any atom is -0.337 e. The summed E-state index contributed by atoms with van der Waals surface area (Å²) < 4.78 is 0. The third-order valence-corrected chi connectivity index (χ3v) is 4.93. The Morgan fingerprint density at radius 3 is 2.32 bits per heavy atom. The summed E-state index contributed by atoms with van der Waals surface area (Å²) in [7, 11) is 0. The van der Waals surface area contributed by atoms with Gasteiger partial charge in [-0.2, -0.15) is 0 Å². The van der Waals surface area contributed by atoms with E-state index in [-0.39, 0.29) is 12.1 Å². The predicted molar refractivity (Wildman–Crippen MR) is 96.3 cm³/mol. The Balaban J connectivity index is 1.36. The quantitative estimate of drug-likeness (QED) is 0.931. The molecule has 1 aliphatic heterocycles. The van der Waals surface area contributed by atoms with E-state index in [1.54, 1.807) is 12.4 Å². The number of hydrogen-bond acceptors (Lipinski definition) is 4. The van der Waals surface area contributed by atoms with E-state index >= 15 is 0 Å². The number of nitrogens with one attached hydrogen (secondary N) is 1. The number of piperazine rings is 1. The van der Waals surface area contributed by atoms with Gasteiger partial charge < -0.3 is 15.1 Å². The molecule has 1 unspecified atom stereocenters. The van der Waals surface area contributed by atoms with Crippen molar-refractivity contribution in [1.82, 2.24) is 20.2 Å². The molecular weight excluding hydrogens is 314 g/mol.